The van der Waals surface area contributed by atoms with Gasteiger partial charge in [-0.2, -0.15) is 0 Å². The van der Waals surface area contributed by atoms with Gasteiger partial charge >= 0.3 is 0 Å². The summed E-state index contributed by atoms with van der Waals surface area (Å²) >= 11 is 0.666. The van der Waals surface area contributed by atoms with Gasteiger partial charge in [0.25, 0.3) is 6.43 Å². The fraction of sp³-hybridized carbons (Fsp3) is 0.353. The van der Waals surface area contributed by atoms with Crippen LogP contribution in [0.4, 0.5) is 13.9 Å². The van der Waals surface area contributed by atoms with Crippen molar-refractivity contribution in [3.8, 4) is 0 Å². The van der Waals surface area contributed by atoms with Crippen LogP contribution >= 0.6 is 11.3 Å². The van der Waals surface area contributed by atoms with Gasteiger partial charge in [-0.25, -0.2) is 8.78 Å². The van der Waals surface area contributed by atoms with Crippen molar-refractivity contribution in [1.29, 1.82) is 0 Å². The van der Waals surface area contributed by atoms with E-state index >= 15 is 0 Å². The lowest BCUT2D eigenvalue weighted by Gasteiger charge is -2.09. The topological polar surface area (TPSA) is 68.0 Å². The number of furan rings is 1. The van der Waals surface area contributed by atoms with E-state index in [0.717, 1.165) is 22.1 Å². The standard InChI is InChI=1S/C17H17F2N3O2S/c1-8(2)11-6-12-10(7-24-13(12)4-9(11)3)5-14(23)20-17-22-21-16(25-17)15(18)19/h4,6-8,15H,5H2,1-3H3,(H,20,22,23). The molecule has 0 aliphatic rings. The predicted octanol–water partition coefficient (Wildman–Crippen LogP) is 4.83. The molecule has 0 aliphatic carbocycles. The number of carbonyl (C=O) groups excluding carboxylic acids is 1. The van der Waals surface area contributed by atoms with Crippen molar-refractivity contribution in [2.24, 2.45) is 0 Å². The Bertz CT molecular complexity index is 918. The van der Waals surface area contributed by atoms with Crippen LogP contribution in [0.2, 0.25) is 0 Å². The number of aromatic nitrogens is 2. The summed E-state index contributed by atoms with van der Waals surface area (Å²) in [5, 5.41) is 9.92. The van der Waals surface area contributed by atoms with E-state index in [9.17, 15) is 13.6 Å². The molecule has 8 heteroatoms. The first-order valence-electron chi connectivity index (χ1n) is 7.77. The van der Waals surface area contributed by atoms with Crippen LogP contribution in [-0.4, -0.2) is 16.1 Å². The Morgan fingerprint density at radius 1 is 1.32 bits per heavy atom. The maximum absolute atomic E-state index is 12.5. The molecule has 0 spiro atoms. The Balaban J connectivity index is 1.79. The molecule has 0 radical (unpaired) electrons. The fourth-order valence-electron chi connectivity index (χ4n) is 2.71. The molecular formula is C17H17F2N3O2S. The number of nitrogens with zero attached hydrogens (tertiary/aromatic N) is 2. The molecule has 132 valence electrons. The quantitative estimate of drug-likeness (QED) is 0.703. The average Bonchev–Trinajstić information content (AvgIpc) is 3.13. The highest BCUT2D eigenvalue weighted by Gasteiger charge is 2.17. The molecule has 3 rings (SSSR count). The van der Waals surface area contributed by atoms with E-state index in [1.807, 2.05) is 19.1 Å². The van der Waals surface area contributed by atoms with Crippen molar-refractivity contribution < 1.29 is 18.0 Å². The molecule has 0 atom stereocenters. The van der Waals surface area contributed by atoms with Crippen molar-refractivity contribution in [3.63, 3.8) is 0 Å². The highest BCUT2D eigenvalue weighted by atomic mass is 32.1. The second-order valence-corrected chi connectivity index (χ2v) is 7.10. The summed E-state index contributed by atoms with van der Waals surface area (Å²) in [6, 6.07) is 4.01. The van der Waals surface area contributed by atoms with E-state index in [-0.39, 0.29) is 17.5 Å². The average molecular weight is 365 g/mol. The Kier molecular flexibility index (Phi) is 4.80. The third-order valence-electron chi connectivity index (χ3n) is 3.89. The number of amides is 1. The van der Waals surface area contributed by atoms with Crippen LogP contribution in [0.15, 0.2) is 22.8 Å². The number of hydrogen-bond donors (Lipinski definition) is 1. The third-order valence-corrected chi connectivity index (χ3v) is 4.74. The first kappa shape index (κ1) is 17.5. The highest BCUT2D eigenvalue weighted by molar-refractivity contribution is 7.15. The number of rotatable bonds is 5. The predicted molar refractivity (Wildman–Crippen MR) is 92.2 cm³/mol. The van der Waals surface area contributed by atoms with Crippen LogP contribution in [0.1, 0.15) is 47.9 Å². The van der Waals surface area contributed by atoms with Crippen LogP contribution in [0.25, 0.3) is 11.0 Å². The number of halogens is 2. The molecule has 0 aliphatic heterocycles. The molecule has 1 amide bonds. The number of aryl methyl sites for hydroxylation is 1. The lowest BCUT2D eigenvalue weighted by atomic mass is 9.95. The lowest BCUT2D eigenvalue weighted by Crippen LogP contribution is -2.14. The minimum atomic E-state index is -2.70. The van der Waals surface area contributed by atoms with Crippen molar-refractivity contribution in [3.05, 3.63) is 40.1 Å². The molecule has 25 heavy (non-hydrogen) atoms. The lowest BCUT2D eigenvalue weighted by molar-refractivity contribution is -0.115. The van der Waals surface area contributed by atoms with Gasteiger partial charge in [0.05, 0.1) is 12.7 Å². The van der Waals surface area contributed by atoms with Gasteiger partial charge in [-0.3, -0.25) is 4.79 Å². The summed E-state index contributed by atoms with van der Waals surface area (Å²) in [6.07, 6.45) is -1.07. The molecule has 0 bridgehead atoms. The number of nitrogens with one attached hydrogen (secondary N) is 1. The second-order valence-electron chi connectivity index (χ2n) is 6.09. The zero-order valence-corrected chi connectivity index (χ0v) is 14.8. The summed E-state index contributed by atoms with van der Waals surface area (Å²) in [4.78, 5) is 12.2. The Labute approximate surface area is 147 Å². The highest BCUT2D eigenvalue weighted by Crippen LogP contribution is 2.30. The van der Waals surface area contributed by atoms with Gasteiger partial charge in [0, 0.05) is 10.9 Å². The zero-order chi connectivity index (χ0) is 18.1. The molecule has 2 heterocycles. The number of benzene rings is 1. The zero-order valence-electron chi connectivity index (χ0n) is 14.0. The number of carbonyl (C=O) groups is 1. The van der Waals surface area contributed by atoms with E-state index in [1.54, 1.807) is 6.26 Å². The van der Waals surface area contributed by atoms with Gasteiger partial charge in [-0.1, -0.05) is 25.2 Å². The minimum absolute atomic E-state index is 0.0619. The third kappa shape index (κ3) is 3.68. The van der Waals surface area contributed by atoms with Crippen LogP contribution in [0.3, 0.4) is 0 Å². The van der Waals surface area contributed by atoms with Gasteiger partial charge in [-0.15, -0.1) is 10.2 Å². The van der Waals surface area contributed by atoms with Crippen LogP contribution in [0.5, 0.6) is 0 Å². The summed E-state index contributed by atoms with van der Waals surface area (Å²) in [6.45, 7) is 6.24. The maximum Gasteiger partial charge on any atom is 0.291 e. The molecule has 0 saturated heterocycles. The van der Waals surface area contributed by atoms with E-state index in [2.05, 4.69) is 29.4 Å². The number of alkyl halides is 2. The van der Waals surface area contributed by atoms with Crippen LogP contribution < -0.4 is 5.32 Å². The monoisotopic (exact) mass is 365 g/mol. The Morgan fingerprint density at radius 3 is 2.72 bits per heavy atom. The summed E-state index contributed by atoms with van der Waals surface area (Å²) in [5.41, 5.74) is 3.80. The van der Waals surface area contributed by atoms with E-state index in [4.69, 9.17) is 4.42 Å². The number of hydrogen-bond acceptors (Lipinski definition) is 5. The van der Waals surface area contributed by atoms with Gasteiger partial charge in [-0.05, 0) is 36.1 Å². The summed E-state index contributed by atoms with van der Waals surface area (Å²) in [5.74, 6) is 0.00137. The Morgan fingerprint density at radius 2 is 2.08 bits per heavy atom. The first-order valence-corrected chi connectivity index (χ1v) is 8.58. The first-order chi connectivity index (χ1) is 11.8. The minimum Gasteiger partial charge on any atom is -0.464 e. The van der Waals surface area contributed by atoms with Crippen molar-refractivity contribution in [2.45, 2.75) is 39.5 Å². The molecule has 1 aromatic carbocycles. The van der Waals surface area contributed by atoms with Gasteiger partial charge in [0.2, 0.25) is 11.0 Å². The molecule has 0 fully saturated rings. The SMILES string of the molecule is Cc1cc2occ(CC(=O)Nc3nnc(C(F)F)s3)c2cc1C(C)C. The smallest absolute Gasteiger partial charge is 0.291 e. The normalized spacial score (nSPS) is 11.6. The van der Waals surface area contributed by atoms with Crippen molar-refractivity contribution in [1.82, 2.24) is 10.2 Å². The van der Waals surface area contributed by atoms with Crippen LogP contribution in [-0.2, 0) is 11.2 Å². The largest absolute Gasteiger partial charge is 0.464 e. The van der Waals surface area contributed by atoms with Gasteiger partial charge in [0.1, 0.15) is 5.58 Å². The Hall–Kier alpha value is -2.35. The van der Waals surface area contributed by atoms with E-state index in [1.165, 1.54) is 5.56 Å². The molecule has 5 nitrogen and oxygen atoms in total. The fourth-order valence-corrected chi connectivity index (χ4v) is 3.33. The number of fused-ring (bicyclic) bond motifs is 1. The van der Waals surface area contributed by atoms with Crippen molar-refractivity contribution in [2.75, 3.05) is 5.32 Å². The number of anilines is 1. The van der Waals surface area contributed by atoms with E-state index < -0.39 is 11.4 Å². The molecular weight excluding hydrogens is 348 g/mol. The molecule has 0 unspecified atom stereocenters. The van der Waals surface area contributed by atoms with Gasteiger partial charge in [0.15, 0.2) is 5.01 Å². The van der Waals surface area contributed by atoms with Crippen LogP contribution in [0, 0.1) is 6.92 Å². The molecule has 0 saturated carbocycles. The summed E-state index contributed by atoms with van der Waals surface area (Å²) < 4.78 is 30.6. The maximum atomic E-state index is 12.5. The molecule has 2 aromatic heterocycles. The molecule has 3 aromatic rings. The molecule has 1 N–H and O–H groups in total. The van der Waals surface area contributed by atoms with Gasteiger partial charge < -0.3 is 9.73 Å². The van der Waals surface area contributed by atoms with Crippen molar-refractivity contribution >= 4 is 33.3 Å². The van der Waals surface area contributed by atoms with E-state index in [0.29, 0.717) is 17.3 Å². The summed E-state index contributed by atoms with van der Waals surface area (Å²) in [7, 11) is 0. The second kappa shape index (κ2) is 6.87.